The number of nitrogens with one attached hydrogen (secondary N) is 1. The summed E-state index contributed by atoms with van der Waals surface area (Å²) in [7, 11) is 0. The monoisotopic (exact) mass is 308 g/mol. The summed E-state index contributed by atoms with van der Waals surface area (Å²) in [5.41, 5.74) is -0.0523. The molecule has 0 saturated carbocycles. The number of hydrogen-bond donors (Lipinski definition) is 2. The molecule has 22 heavy (non-hydrogen) atoms. The molecule has 2 N–H and O–H groups in total. The SMILES string of the molecule is O=C(CNC(=O)C1CCN(C(=O)O)CC1)c1ccccc1F. The number of piperidine rings is 1. The number of amides is 2. The van der Waals surface area contributed by atoms with Gasteiger partial charge in [-0.2, -0.15) is 0 Å². The Morgan fingerprint density at radius 3 is 2.45 bits per heavy atom. The average Bonchev–Trinajstić information content (AvgIpc) is 2.52. The van der Waals surface area contributed by atoms with Crippen molar-refractivity contribution in [3.63, 3.8) is 0 Å². The Hall–Kier alpha value is -2.44. The topological polar surface area (TPSA) is 86.7 Å². The number of carbonyl (C=O) groups is 3. The highest BCUT2D eigenvalue weighted by Crippen LogP contribution is 2.17. The van der Waals surface area contributed by atoms with Gasteiger partial charge in [-0.25, -0.2) is 9.18 Å². The summed E-state index contributed by atoms with van der Waals surface area (Å²) >= 11 is 0. The molecule has 6 nitrogen and oxygen atoms in total. The van der Waals surface area contributed by atoms with Crippen LogP contribution in [0.4, 0.5) is 9.18 Å². The van der Waals surface area contributed by atoms with Crippen molar-refractivity contribution in [3.8, 4) is 0 Å². The van der Waals surface area contributed by atoms with Crippen molar-refractivity contribution in [2.75, 3.05) is 19.6 Å². The lowest BCUT2D eigenvalue weighted by molar-refractivity contribution is -0.126. The van der Waals surface area contributed by atoms with E-state index in [4.69, 9.17) is 5.11 Å². The number of carbonyl (C=O) groups excluding carboxylic acids is 2. The van der Waals surface area contributed by atoms with Crippen molar-refractivity contribution >= 4 is 17.8 Å². The Bertz CT molecular complexity index is 583. The van der Waals surface area contributed by atoms with Crippen LogP contribution in [0.5, 0.6) is 0 Å². The van der Waals surface area contributed by atoms with Crippen LogP contribution in [-0.2, 0) is 4.79 Å². The Morgan fingerprint density at radius 1 is 1.23 bits per heavy atom. The van der Waals surface area contributed by atoms with Crippen molar-refractivity contribution in [1.29, 1.82) is 0 Å². The highest BCUT2D eigenvalue weighted by molar-refractivity contribution is 5.99. The van der Waals surface area contributed by atoms with E-state index in [1.165, 1.54) is 23.1 Å². The van der Waals surface area contributed by atoms with Crippen molar-refractivity contribution in [1.82, 2.24) is 10.2 Å². The van der Waals surface area contributed by atoms with Gasteiger partial charge in [0, 0.05) is 19.0 Å². The van der Waals surface area contributed by atoms with Crippen LogP contribution in [0, 0.1) is 11.7 Å². The van der Waals surface area contributed by atoms with Crippen LogP contribution >= 0.6 is 0 Å². The van der Waals surface area contributed by atoms with Crippen molar-refractivity contribution in [2.24, 2.45) is 5.92 Å². The van der Waals surface area contributed by atoms with Crippen molar-refractivity contribution < 1.29 is 23.9 Å². The van der Waals surface area contributed by atoms with E-state index < -0.39 is 17.7 Å². The third-order valence-corrected chi connectivity index (χ3v) is 3.73. The van der Waals surface area contributed by atoms with E-state index in [2.05, 4.69) is 5.32 Å². The largest absolute Gasteiger partial charge is 0.465 e. The molecular weight excluding hydrogens is 291 g/mol. The van der Waals surface area contributed by atoms with Crippen LogP contribution in [-0.4, -0.2) is 47.4 Å². The molecule has 1 heterocycles. The molecule has 0 aliphatic carbocycles. The van der Waals surface area contributed by atoms with E-state index in [0.717, 1.165) is 0 Å². The number of Topliss-reactive ketones (excluding diaryl/α,β-unsaturated/α-hetero) is 1. The molecule has 118 valence electrons. The molecule has 1 aromatic carbocycles. The number of hydrogen-bond acceptors (Lipinski definition) is 3. The lowest BCUT2D eigenvalue weighted by Gasteiger charge is -2.29. The van der Waals surface area contributed by atoms with E-state index in [9.17, 15) is 18.8 Å². The van der Waals surface area contributed by atoms with Crippen molar-refractivity contribution in [3.05, 3.63) is 35.6 Å². The van der Waals surface area contributed by atoms with Gasteiger partial charge in [0.1, 0.15) is 5.82 Å². The van der Waals surface area contributed by atoms with Gasteiger partial charge in [0.05, 0.1) is 12.1 Å². The lowest BCUT2D eigenvalue weighted by Crippen LogP contribution is -2.43. The number of rotatable bonds is 4. The Balaban J connectivity index is 1.82. The molecule has 2 amide bonds. The number of ketones is 1. The first-order valence-electron chi connectivity index (χ1n) is 7.02. The summed E-state index contributed by atoms with van der Waals surface area (Å²) in [5, 5.41) is 11.3. The molecule has 1 saturated heterocycles. The smallest absolute Gasteiger partial charge is 0.407 e. The summed E-state index contributed by atoms with van der Waals surface area (Å²) in [5.74, 6) is -1.72. The van der Waals surface area contributed by atoms with Crippen LogP contribution in [0.25, 0.3) is 0 Å². The standard InChI is InChI=1S/C15H17FN2O4/c16-12-4-2-1-3-11(12)13(19)9-17-14(20)10-5-7-18(8-6-10)15(21)22/h1-4,10H,5-9H2,(H,17,20)(H,21,22). The maximum Gasteiger partial charge on any atom is 0.407 e. The molecule has 2 rings (SSSR count). The highest BCUT2D eigenvalue weighted by atomic mass is 19.1. The fourth-order valence-electron chi connectivity index (χ4n) is 2.43. The molecule has 0 bridgehead atoms. The molecule has 0 atom stereocenters. The van der Waals surface area contributed by atoms with Crippen molar-refractivity contribution in [2.45, 2.75) is 12.8 Å². The van der Waals surface area contributed by atoms with Gasteiger partial charge in [-0.1, -0.05) is 12.1 Å². The molecule has 0 unspecified atom stereocenters. The zero-order valence-corrected chi connectivity index (χ0v) is 11.9. The molecular formula is C15H17FN2O4. The fourth-order valence-corrected chi connectivity index (χ4v) is 2.43. The minimum absolute atomic E-state index is 0.0523. The van der Waals surface area contributed by atoms with Crippen LogP contribution in [0.2, 0.25) is 0 Å². The maximum atomic E-state index is 13.4. The molecule has 0 aromatic heterocycles. The van der Waals surface area contributed by atoms with Gasteiger partial charge in [-0.15, -0.1) is 0 Å². The number of benzene rings is 1. The van der Waals surface area contributed by atoms with Gasteiger partial charge in [0.2, 0.25) is 5.91 Å². The van der Waals surface area contributed by atoms with Gasteiger partial charge < -0.3 is 15.3 Å². The molecule has 1 fully saturated rings. The fraction of sp³-hybridized carbons (Fsp3) is 0.400. The maximum absolute atomic E-state index is 13.4. The van der Waals surface area contributed by atoms with E-state index >= 15 is 0 Å². The summed E-state index contributed by atoms with van der Waals surface area (Å²) in [6, 6.07) is 5.60. The minimum atomic E-state index is -0.992. The van der Waals surface area contributed by atoms with E-state index in [1.807, 2.05) is 0 Å². The summed E-state index contributed by atoms with van der Waals surface area (Å²) < 4.78 is 13.4. The predicted molar refractivity (Wildman–Crippen MR) is 76.1 cm³/mol. The molecule has 7 heteroatoms. The third-order valence-electron chi connectivity index (χ3n) is 3.73. The third kappa shape index (κ3) is 3.81. The summed E-state index contributed by atoms with van der Waals surface area (Å²) in [6.07, 6.45) is -0.147. The van der Waals surface area contributed by atoms with E-state index in [-0.39, 0.29) is 23.9 Å². The zero-order valence-electron chi connectivity index (χ0n) is 11.9. The van der Waals surface area contributed by atoms with Gasteiger partial charge >= 0.3 is 6.09 Å². The second kappa shape index (κ2) is 7.02. The summed E-state index contributed by atoms with van der Waals surface area (Å²) in [4.78, 5) is 35.9. The summed E-state index contributed by atoms with van der Waals surface area (Å²) in [6.45, 7) is 0.336. The van der Waals surface area contributed by atoms with Crippen LogP contribution < -0.4 is 5.32 Å². The normalized spacial score (nSPS) is 15.4. The van der Waals surface area contributed by atoms with Crippen LogP contribution in [0.15, 0.2) is 24.3 Å². The first kappa shape index (κ1) is 15.9. The lowest BCUT2D eigenvalue weighted by atomic mass is 9.96. The van der Waals surface area contributed by atoms with Crippen LogP contribution in [0.3, 0.4) is 0 Å². The molecule has 0 radical (unpaired) electrons. The second-order valence-electron chi connectivity index (χ2n) is 5.16. The number of carboxylic acid groups (broad SMARTS) is 1. The first-order valence-corrected chi connectivity index (χ1v) is 7.02. The predicted octanol–water partition coefficient (Wildman–Crippen LogP) is 1.51. The molecule has 1 aliphatic heterocycles. The highest BCUT2D eigenvalue weighted by Gasteiger charge is 2.27. The Kier molecular flexibility index (Phi) is 5.08. The van der Waals surface area contributed by atoms with Gasteiger partial charge in [0.15, 0.2) is 5.78 Å². The van der Waals surface area contributed by atoms with Crippen LogP contribution in [0.1, 0.15) is 23.2 Å². The molecule has 1 aliphatic rings. The van der Waals surface area contributed by atoms with Gasteiger partial charge in [-0.3, -0.25) is 9.59 Å². The number of halogens is 1. The Morgan fingerprint density at radius 2 is 1.86 bits per heavy atom. The quantitative estimate of drug-likeness (QED) is 0.826. The molecule has 0 spiro atoms. The van der Waals surface area contributed by atoms with Gasteiger partial charge in [-0.05, 0) is 25.0 Å². The number of nitrogens with zero attached hydrogens (tertiary/aromatic N) is 1. The minimum Gasteiger partial charge on any atom is -0.465 e. The Labute approximate surface area is 126 Å². The second-order valence-corrected chi connectivity index (χ2v) is 5.16. The number of likely N-dealkylation sites (tertiary alicyclic amines) is 1. The van der Waals surface area contributed by atoms with E-state index in [1.54, 1.807) is 6.07 Å². The average molecular weight is 308 g/mol. The molecule has 1 aromatic rings. The first-order chi connectivity index (χ1) is 10.5. The van der Waals surface area contributed by atoms with E-state index in [0.29, 0.717) is 25.9 Å². The zero-order chi connectivity index (χ0) is 16.1. The van der Waals surface area contributed by atoms with Gasteiger partial charge in [0.25, 0.3) is 0 Å².